The molecule has 0 aliphatic heterocycles. The van der Waals surface area contributed by atoms with Crippen LogP contribution < -0.4 is 4.74 Å². The lowest BCUT2D eigenvalue weighted by Crippen LogP contribution is -2.00. The number of benzene rings is 2. The van der Waals surface area contributed by atoms with Gasteiger partial charge in [0.1, 0.15) is 5.75 Å². The molecule has 0 spiro atoms. The number of hydrogen-bond donors (Lipinski definition) is 0. The fourth-order valence-electron chi connectivity index (χ4n) is 2.52. The Morgan fingerprint density at radius 2 is 1.80 bits per heavy atom. The summed E-state index contributed by atoms with van der Waals surface area (Å²) >= 11 is 0. The normalized spacial score (nSPS) is 11.9. The summed E-state index contributed by atoms with van der Waals surface area (Å²) in [5, 5.41) is 0. The summed E-state index contributed by atoms with van der Waals surface area (Å²) in [6.07, 6.45) is 4.20. The monoisotopic (exact) mass is 266 g/mol. The zero-order valence-corrected chi connectivity index (χ0v) is 12.3. The Balaban J connectivity index is 2.04. The second-order valence-electron chi connectivity index (χ2n) is 5.09. The summed E-state index contributed by atoms with van der Waals surface area (Å²) in [7, 11) is 1.70. The third kappa shape index (κ3) is 3.51. The molecule has 0 saturated heterocycles. The van der Waals surface area contributed by atoms with Gasteiger partial charge in [-0.1, -0.05) is 42.5 Å². The Morgan fingerprint density at radius 3 is 2.40 bits per heavy atom. The summed E-state index contributed by atoms with van der Waals surface area (Å²) in [5.74, 6) is 1.33. The van der Waals surface area contributed by atoms with Gasteiger partial charge in [0.2, 0.25) is 0 Å². The van der Waals surface area contributed by atoms with Crippen LogP contribution in [0.15, 0.2) is 61.2 Å². The molecule has 0 N–H and O–H groups in total. The van der Waals surface area contributed by atoms with Crippen molar-refractivity contribution in [2.75, 3.05) is 7.11 Å². The van der Waals surface area contributed by atoms with E-state index in [1.165, 1.54) is 16.7 Å². The number of aryl methyl sites for hydroxylation is 2. The molecule has 0 saturated carbocycles. The van der Waals surface area contributed by atoms with Crippen LogP contribution in [0, 0.1) is 6.92 Å². The first-order valence-corrected chi connectivity index (χ1v) is 7.05. The molecular weight excluding hydrogens is 244 g/mol. The van der Waals surface area contributed by atoms with Crippen molar-refractivity contribution in [3.8, 4) is 5.75 Å². The van der Waals surface area contributed by atoms with E-state index in [-0.39, 0.29) is 0 Å². The molecule has 2 aromatic rings. The van der Waals surface area contributed by atoms with Gasteiger partial charge in [0.25, 0.3) is 0 Å². The standard InChI is InChI=1S/C19H22O/c1-4-17(19-8-6-5-7-15(19)2)12-9-16-10-13-18(20-3)14-11-16/h4-8,10-11,13-14,17H,1,9,12H2,2-3H3/t17-/m1/s1. The lowest BCUT2D eigenvalue weighted by Gasteiger charge is -2.15. The number of rotatable bonds is 6. The molecule has 20 heavy (non-hydrogen) atoms. The summed E-state index contributed by atoms with van der Waals surface area (Å²) < 4.78 is 5.18. The zero-order valence-electron chi connectivity index (χ0n) is 12.3. The fraction of sp³-hybridized carbons (Fsp3) is 0.263. The fourth-order valence-corrected chi connectivity index (χ4v) is 2.52. The van der Waals surface area contributed by atoms with Crippen molar-refractivity contribution in [3.05, 3.63) is 77.9 Å². The first-order chi connectivity index (χ1) is 9.74. The highest BCUT2D eigenvalue weighted by atomic mass is 16.5. The number of methoxy groups -OCH3 is 1. The molecule has 0 heterocycles. The van der Waals surface area contributed by atoms with Crippen LogP contribution in [0.2, 0.25) is 0 Å². The molecule has 0 radical (unpaired) electrons. The maximum atomic E-state index is 5.18. The van der Waals surface area contributed by atoms with Crippen LogP contribution >= 0.6 is 0 Å². The first-order valence-electron chi connectivity index (χ1n) is 7.05. The molecule has 104 valence electrons. The van der Waals surface area contributed by atoms with E-state index in [4.69, 9.17) is 4.74 Å². The molecular formula is C19H22O. The molecule has 2 aromatic carbocycles. The average molecular weight is 266 g/mol. The van der Waals surface area contributed by atoms with Crippen molar-refractivity contribution in [1.82, 2.24) is 0 Å². The van der Waals surface area contributed by atoms with Crippen LogP contribution in [0.4, 0.5) is 0 Å². The zero-order chi connectivity index (χ0) is 14.4. The van der Waals surface area contributed by atoms with Gasteiger partial charge < -0.3 is 4.74 Å². The quantitative estimate of drug-likeness (QED) is 0.675. The molecule has 1 nitrogen and oxygen atoms in total. The predicted octanol–water partition coefficient (Wildman–Crippen LogP) is 4.91. The average Bonchev–Trinajstić information content (AvgIpc) is 2.50. The van der Waals surface area contributed by atoms with E-state index >= 15 is 0 Å². The summed E-state index contributed by atoms with van der Waals surface area (Å²) in [5.41, 5.74) is 4.06. The molecule has 0 fully saturated rings. The van der Waals surface area contributed by atoms with Gasteiger partial charge in [-0.05, 0) is 48.6 Å². The number of ether oxygens (including phenoxy) is 1. The van der Waals surface area contributed by atoms with Gasteiger partial charge in [-0.15, -0.1) is 6.58 Å². The van der Waals surface area contributed by atoms with Gasteiger partial charge in [0.15, 0.2) is 0 Å². The molecule has 1 heteroatoms. The second-order valence-corrected chi connectivity index (χ2v) is 5.09. The Hall–Kier alpha value is -2.02. The van der Waals surface area contributed by atoms with Crippen LogP contribution in [0.25, 0.3) is 0 Å². The highest BCUT2D eigenvalue weighted by Gasteiger charge is 2.09. The van der Waals surface area contributed by atoms with E-state index in [1.54, 1.807) is 7.11 Å². The smallest absolute Gasteiger partial charge is 0.118 e. The van der Waals surface area contributed by atoms with Gasteiger partial charge in [-0.2, -0.15) is 0 Å². The number of allylic oxidation sites excluding steroid dienone is 1. The molecule has 0 unspecified atom stereocenters. The predicted molar refractivity (Wildman–Crippen MR) is 85.4 cm³/mol. The third-order valence-electron chi connectivity index (χ3n) is 3.78. The molecule has 0 bridgehead atoms. The van der Waals surface area contributed by atoms with E-state index in [0.717, 1.165) is 18.6 Å². The lowest BCUT2D eigenvalue weighted by atomic mass is 9.90. The van der Waals surface area contributed by atoms with E-state index in [2.05, 4.69) is 56.0 Å². The largest absolute Gasteiger partial charge is 0.497 e. The first kappa shape index (κ1) is 14.4. The summed E-state index contributed by atoms with van der Waals surface area (Å²) in [6.45, 7) is 6.16. The molecule has 0 aliphatic rings. The molecule has 0 amide bonds. The molecule has 1 atom stereocenters. The maximum Gasteiger partial charge on any atom is 0.118 e. The van der Waals surface area contributed by atoms with Crippen LogP contribution in [0.3, 0.4) is 0 Å². The Bertz CT molecular complexity index is 554. The van der Waals surface area contributed by atoms with Crippen molar-refractivity contribution in [2.45, 2.75) is 25.7 Å². The van der Waals surface area contributed by atoms with Crippen LogP contribution in [0.5, 0.6) is 5.75 Å². The highest BCUT2D eigenvalue weighted by Crippen LogP contribution is 2.26. The minimum Gasteiger partial charge on any atom is -0.497 e. The SMILES string of the molecule is C=C[C@H](CCc1ccc(OC)cc1)c1ccccc1C. The van der Waals surface area contributed by atoms with Gasteiger partial charge in [-0.25, -0.2) is 0 Å². The molecule has 2 rings (SSSR count). The number of hydrogen-bond acceptors (Lipinski definition) is 1. The van der Waals surface area contributed by atoms with Crippen LogP contribution in [-0.2, 0) is 6.42 Å². The van der Waals surface area contributed by atoms with E-state index in [9.17, 15) is 0 Å². The van der Waals surface area contributed by atoms with E-state index in [1.807, 2.05) is 12.1 Å². The van der Waals surface area contributed by atoms with Crippen molar-refractivity contribution in [2.24, 2.45) is 0 Å². The van der Waals surface area contributed by atoms with Crippen molar-refractivity contribution in [1.29, 1.82) is 0 Å². The Kier molecular flexibility index (Phi) is 5.00. The second kappa shape index (κ2) is 6.95. The van der Waals surface area contributed by atoms with Crippen LogP contribution in [-0.4, -0.2) is 7.11 Å². The van der Waals surface area contributed by atoms with Gasteiger partial charge in [-0.3, -0.25) is 0 Å². The van der Waals surface area contributed by atoms with Gasteiger partial charge in [0.05, 0.1) is 7.11 Å². The molecule has 0 aromatic heterocycles. The highest BCUT2D eigenvalue weighted by molar-refractivity contribution is 5.32. The van der Waals surface area contributed by atoms with Crippen molar-refractivity contribution >= 4 is 0 Å². The van der Waals surface area contributed by atoms with Gasteiger partial charge in [0, 0.05) is 5.92 Å². The summed E-state index contributed by atoms with van der Waals surface area (Å²) in [4.78, 5) is 0. The van der Waals surface area contributed by atoms with Crippen molar-refractivity contribution in [3.63, 3.8) is 0 Å². The Labute approximate surface area is 121 Å². The van der Waals surface area contributed by atoms with Crippen LogP contribution in [0.1, 0.15) is 29.0 Å². The lowest BCUT2D eigenvalue weighted by molar-refractivity contribution is 0.414. The maximum absolute atomic E-state index is 5.18. The summed E-state index contributed by atoms with van der Waals surface area (Å²) in [6, 6.07) is 16.9. The Morgan fingerprint density at radius 1 is 1.10 bits per heavy atom. The van der Waals surface area contributed by atoms with E-state index < -0.39 is 0 Å². The van der Waals surface area contributed by atoms with Gasteiger partial charge >= 0.3 is 0 Å². The minimum atomic E-state index is 0.415. The third-order valence-corrected chi connectivity index (χ3v) is 3.78. The minimum absolute atomic E-state index is 0.415. The van der Waals surface area contributed by atoms with Crippen molar-refractivity contribution < 1.29 is 4.74 Å². The molecule has 0 aliphatic carbocycles. The van der Waals surface area contributed by atoms with E-state index in [0.29, 0.717) is 5.92 Å². The topological polar surface area (TPSA) is 9.23 Å².